The number of rotatable bonds is 6. The summed E-state index contributed by atoms with van der Waals surface area (Å²) in [5, 5.41) is 16.5. The zero-order valence-electron chi connectivity index (χ0n) is 16.3. The molecule has 3 rings (SSSR count). The standard InChI is InChI=1S/C22H19N3O5/c1-14-7-8-16(13-19(14)25(28)29)22(27)23-17-11-9-15(10-12-17)21(26)24-18-5-3-4-6-20(18)30-2/h3-13H,1-2H3,(H,23,27)(H,24,26). The van der Waals surface area contributed by atoms with Crippen LogP contribution in [0, 0.1) is 17.0 Å². The lowest BCUT2D eigenvalue weighted by Crippen LogP contribution is -2.14. The van der Waals surface area contributed by atoms with E-state index >= 15 is 0 Å². The zero-order chi connectivity index (χ0) is 21.7. The first-order valence-corrected chi connectivity index (χ1v) is 9.00. The van der Waals surface area contributed by atoms with Gasteiger partial charge in [0.2, 0.25) is 0 Å². The van der Waals surface area contributed by atoms with Crippen LogP contribution < -0.4 is 15.4 Å². The van der Waals surface area contributed by atoms with Crippen LogP contribution in [0.25, 0.3) is 0 Å². The summed E-state index contributed by atoms with van der Waals surface area (Å²) in [6, 6.07) is 17.6. The number of carbonyl (C=O) groups is 2. The molecule has 152 valence electrons. The minimum absolute atomic E-state index is 0.119. The maximum atomic E-state index is 12.5. The Morgan fingerprint density at radius 2 is 1.53 bits per heavy atom. The number of nitrogens with one attached hydrogen (secondary N) is 2. The van der Waals surface area contributed by atoms with Crippen molar-refractivity contribution in [1.29, 1.82) is 0 Å². The van der Waals surface area contributed by atoms with E-state index in [0.29, 0.717) is 28.3 Å². The van der Waals surface area contributed by atoms with Gasteiger partial charge in [-0.1, -0.05) is 18.2 Å². The fraction of sp³-hybridized carbons (Fsp3) is 0.0909. The molecule has 0 saturated heterocycles. The molecule has 3 aromatic rings. The number of hydrogen-bond donors (Lipinski definition) is 2. The van der Waals surface area contributed by atoms with Gasteiger partial charge in [-0.3, -0.25) is 19.7 Å². The third kappa shape index (κ3) is 4.61. The lowest BCUT2D eigenvalue weighted by atomic mass is 10.1. The molecule has 8 heteroatoms. The summed E-state index contributed by atoms with van der Waals surface area (Å²) < 4.78 is 5.21. The molecule has 0 aromatic heterocycles. The maximum absolute atomic E-state index is 12.5. The fourth-order valence-electron chi connectivity index (χ4n) is 2.80. The molecule has 0 atom stereocenters. The van der Waals surface area contributed by atoms with Crippen LogP contribution in [-0.4, -0.2) is 23.8 Å². The van der Waals surface area contributed by atoms with E-state index in [4.69, 9.17) is 4.74 Å². The van der Waals surface area contributed by atoms with E-state index in [0.717, 1.165) is 0 Å². The SMILES string of the molecule is COc1ccccc1NC(=O)c1ccc(NC(=O)c2ccc(C)c([N+](=O)[O-])c2)cc1. The Morgan fingerprint density at radius 1 is 0.900 bits per heavy atom. The van der Waals surface area contributed by atoms with Crippen LogP contribution in [-0.2, 0) is 0 Å². The van der Waals surface area contributed by atoms with Gasteiger partial charge in [0.15, 0.2) is 0 Å². The number of nitrogens with zero attached hydrogens (tertiary/aromatic N) is 1. The highest BCUT2D eigenvalue weighted by molar-refractivity contribution is 6.07. The molecule has 2 amide bonds. The van der Waals surface area contributed by atoms with Gasteiger partial charge in [-0.05, 0) is 49.4 Å². The van der Waals surface area contributed by atoms with E-state index in [2.05, 4.69) is 10.6 Å². The summed E-state index contributed by atoms with van der Waals surface area (Å²) >= 11 is 0. The largest absolute Gasteiger partial charge is 0.495 e. The van der Waals surface area contributed by atoms with E-state index in [1.54, 1.807) is 55.5 Å². The second-order valence-electron chi connectivity index (χ2n) is 6.44. The van der Waals surface area contributed by atoms with Gasteiger partial charge in [0.1, 0.15) is 5.75 Å². The third-order valence-corrected chi connectivity index (χ3v) is 4.43. The summed E-state index contributed by atoms with van der Waals surface area (Å²) in [4.78, 5) is 35.4. The summed E-state index contributed by atoms with van der Waals surface area (Å²) in [7, 11) is 1.52. The third-order valence-electron chi connectivity index (χ3n) is 4.43. The van der Waals surface area contributed by atoms with Crippen molar-refractivity contribution in [1.82, 2.24) is 0 Å². The lowest BCUT2D eigenvalue weighted by Gasteiger charge is -2.10. The Kier molecular flexibility index (Phi) is 6.07. The van der Waals surface area contributed by atoms with Gasteiger partial charge >= 0.3 is 0 Å². The van der Waals surface area contributed by atoms with E-state index < -0.39 is 10.8 Å². The van der Waals surface area contributed by atoms with Crippen molar-refractivity contribution < 1.29 is 19.2 Å². The number of hydrogen-bond acceptors (Lipinski definition) is 5. The number of ether oxygens (including phenoxy) is 1. The predicted octanol–water partition coefficient (Wildman–Crippen LogP) is 4.42. The summed E-state index contributed by atoms with van der Waals surface area (Å²) in [5.41, 5.74) is 1.92. The second-order valence-corrected chi connectivity index (χ2v) is 6.44. The van der Waals surface area contributed by atoms with Crippen molar-refractivity contribution in [2.75, 3.05) is 17.7 Å². The molecule has 0 heterocycles. The Bertz CT molecular complexity index is 1110. The van der Waals surface area contributed by atoms with Crippen LogP contribution in [0.2, 0.25) is 0 Å². The molecule has 0 saturated carbocycles. The first-order valence-electron chi connectivity index (χ1n) is 9.00. The van der Waals surface area contributed by atoms with E-state index in [1.807, 2.05) is 0 Å². The Labute approximate surface area is 172 Å². The number of anilines is 2. The molecule has 0 aliphatic rings. The van der Waals surface area contributed by atoms with Gasteiger partial charge < -0.3 is 15.4 Å². The molecular weight excluding hydrogens is 386 g/mol. The molecule has 2 N–H and O–H groups in total. The predicted molar refractivity (Wildman–Crippen MR) is 113 cm³/mol. The zero-order valence-corrected chi connectivity index (χ0v) is 16.3. The Hall–Kier alpha value is -4.20. The van der Waals surface area contributed by atoms with E-state index in [1.165, 1.54) is 25.3 Å². The van der Waals surface area contributed by atoms with Crippen LogP contribution in [0.15, 0.2) is 66.7 Å². The molecule has 0 bridgehead atoms. The molecule has 0 spiro atoms. The van der Waals surface area contributed by atoms with Gasteiger partial charge in [-0.15, -0.1) is 0 Å². The second kappa shape index (κ2) is 8.87. The molecule has 0 aliphatic heterocycles. The van der Waals surface area contributed by atoms with Crippen molar-refractivity contribution in [2.24, 2.45) is 0 Å². The number of nitro benzene ring substituents is 1. The summed E-state index contributed by atoms with van der Waals surface area (Å²) in [6.45, 7) is 1.61. The normalized spacial score (nSPS) is 10.2. The highest BCUT2D eigenvalue weighted by atomic mass is 16.6. The van der Waals surface area contributed by atoms with Crippen molar-refractivity contribution in [3.8, 4) is 5.75 Å². The maximum Gasteiger partial charge on any atom is 0.273 e. The Morgan fingerprint density at radius 3 is 2.20 bits per heavy atom. The molecule has 0 aliphatic carbocycles. The number of amides is 2. The number of carbonyl (C=O) groups excluding carboxylic acids is 2. The number of para-hydroxylation sites is 2. The van der Waals surface area contributed by atoms with Crippen LogP contribution in [0.5, 0.6) is 5.75 Å². The lowest BCUT2D eigenvalue weighted by molar-refractivity contribution is -0.385. The number of benzene rings is 3. The smallest absolute Gasteiger partial charge is 0.273 e. The average Bonchev–Trinajstić information content (AvgIpc) is 2.74. The molecule has 0 unspecified atom stereocenters. The molecule has 30 heavy (non-hydrogen) atoms. The van der Waals surface area contributed by atoms with Crippen molar-refractivity contribution in [3.05, 3.63) is 93.5 Å². The highest BCUT2D eigenvalue weighted by Crippen LogP contribution is 2.24. The van der Waals surface area contributed by atoms with E-state index in [-0.39, 0.29) is 17.2 Å². The number of methoxy groups -OCH3 is 1. The summed E-state index contributed by atoms with van der Waals surface area (Å²) in [5.74, 6) is -0.266. The highest BCUT2D eigenvalue weighted by Gasteiger charge is 2.15. The van der Waals surface area contributed by atoms with Crippen LogP contribution >= 0.6 is 0 Å². The molecule has 0 radical (unpaired) electrons. The van der Waals surface area contributed by atoms with E-state index in [9.17, 15) is 19.7 Å². The average molecular weight is 405 g/mol. The van der Waals surface area contributed by atoms with Gasteiger partial charge in [0, 0.05) is 28.4 Å². The molecular formula is C22H19N3O5. The van der Waals surface area contributed by atoms with Crippen LogP contribution in [0.4, 0.5) is 17.1 Å². The molecule has 0 fully saturated rings. The topological polar surface area (TPSA) is 111 Å². The minimum Gasteiger partial charge on any atom is -0.495 e. The monoisotopic (exact) mass is 405 g/mol. The van der Waals surface area contributed by atoms with Crippen molar-refractivity contribution >= 4 is 28.9 Å². The first-order chi connectivity index (χ1) is 14.4. The number of nitro groups is 1. The van der Waals surface area contributed by atoms with Crippen LogP contribution in [0.1, 0.15) is 26.3 Å². The number of aryl methyl sites for hydroxylation is 1. The molecule has 3 aromatic carbocycles. The van der Waals surface area contributed by atoms with Gasteiger partial charge in [0.05, 0.1) is 17.7 Å². The molecule has 8 nitrogen and oxygen atoms in total. The minimum atomic E-state index is -0.527. The van der Waals surface area contributed by atoms with Gasteiger partial charge in [-0.25, -0.2) is 0 Å². The Balaban J connectivity index is 1.70. The van der Waals surface area contributed by atoms with Gasteiger partial charge in [-0.2, -0.15) is 0 Å². The fourth-order valence-corrected chi connectivity index (χ4v) is 2.80. The first kappa shape index (κ1) is 20.5. The van der Waals surface area contributed by atoms with Gasteiger partial charge in [0.25, 0.3) is 17.5 Å². The van der Waals surface area contributed by atoms with Crippen LogP contribution in [0.3, 0.4) is 0 Å². The quantitative estimate of drug-likeness (QED) is 0.466. The van der Waals surface area contributed by atoms with Crippen molar-refractivity contribution in [2.45, 2.75) is 6.92 Å². The summed E-state index contributed by atoms with van der Waals surface area (Å²) in [6.07, 6.45) is 0. The van der Waals surface area contributed by atoms with Crippen molar-refractivity contribution in [3.63, 3.8) is 0 Å².